The highest BCUT2D eigenvalue weighted by atomic mass is 16.3. The zero-order valence-corrected chi connectivity index (χ0v) is 9.08. The second-order valence-electron chi connectivity index (χ2n) is 3.65. The first kappa shape index (κ1) is 9.99. The van der Waals surface area contributed by atoms with E-state index in [1.807, 2.05) is 13.1 Å². The standard InChI is InChI=1S/C13H15NO/c1-10-3-5-11(6-4-10)12-7-8-15-13(12)9-14-2/h3-8,14H,9H2,1-2H3. The van der Waals surface area contributed by atoms with E-state index in [-0.39, 0.29) is 0 Å². The lowest BCUT2D eigenvalue weighted by Gasteiger charge is -2.02. The maximum Gasteiger partial charge on any atom is 0.125 e. The molecule has 0 saturated carbocycles. The Hall–Kier alpha value is -1.54. The van der Waals surface area contributed by atoms with Crippen LogP contribution in [0.5, 0.6) is 0 Å². The molecule has 1 heterocycles. The largest absolute Gasteiger partial charge is 0.467 e. The van der Waals surface area contributed by atoms with Crippen molar-refractivity contribution in [2.45, 2.75) is 13.5 Å². The topological polar surface area (TPSA) is 25.2 Å². The molecule has 0 aliphatic carbocycles. The van der Waals surface area contributed by atoms with E-state index in [1.165, 1.54) is 16.7 Å². The molecule has 0 aliphatic heterocycles. The highest BCUT2D eigenvalue weighted by molar-refractivity contribution is 5.65. The Balaban J connectivity index is 2.36. The van der Waals surface area contributed by atoms with Crippen molar-refractivity contribution in [3.63, 3.8) is 0 Å². The minimum Gasteiger partial charge on any atom is -0.467 e. The Morgan fingerprint density at radius 3 is 2.53 bits per heavy atom. The molecule has 2 rings (SSSR count). The number of hydrogen-bond donors (Lipinski definition) is 1. The van der Waals surface area contributed by atoms with Crippen molar-refractivity contribution in [1.29, 1.82) is 0 Å². The molecule has 78 valence electrons. The van der Waals surface area contributed by atoms with Crippen LogP contribution in [0, 0.1) is 6.92 Å². The lowest BCUT2D eigenvalue weighted by atomic mass is 10.0. The second-order valence-corrected chi connectivity index (χ2v) is 3.65. The smallest absolute Gasteiger partial charge is 0.125 e. The predicted molar refractivity (Wildman–Crippen MR) is 61.6 cm³/mol. The van der Waals surface area contributed by atoms with Crippen molar-refractivity contribution in [2.75, 3.05) is 7.05 Å². The van der Waals surface area contributed by atoms with Gasteiger partial charge >= 0.3 is 0 Å². The number of benzene rings is 1. The van der Waals surface area contributed by atoms with Crippen molar-refractivity contribution in [1.82, 2.24) is 5.32 Å². The Kier molecular flexibility index (Phi) is 2.88. The molecule has 1 N–H and O–H groups in total. The molecular weight excluding hydrogens is 186 g/mol. The SMILES string of the molecule is CNCc1occc1-c1ccc(C)cc1. The fourth-order valence-electron chi connectivity index (χ4n) is 1.63. The third-order valence-corrected chi connectivity index (χ3v) is 2.45. The van der Waals surface area contributed by atoms with Gasteiger partial charge in [0.05, 0.1) is 12.8 Å². The Morgan fingerprint density at radius 1 is 1.13 bits per heavy atom. The van der Waals surface area contributed by atoms with Crippen LogP contribution in [0.15, 0.2) is 41.0 Å². The van der Waals surface area contributed by atoms with Crippen LogP contribution >= 0.6 is 0 Å². The normalized spacial score (nSPS) is 10.5. The van der Waals surface area contributed by atoms with Crippen LogP contribution in [0.1, 0.15) is 11.3 Å². The van der Waals surface area contributed by atoms with Gasteiger partial charge < -0.3 is 9.73 Å². The van der Waals surface area contributed by atoms with Crippen molar-refractivity contribution >= 4 is 0 Å². The summed E-state index contributed by atoms with van der Waals surface area (Å²) in [6.45, 7) is 2.85. The molecule has 15 heavy (non-hydrogen) atoms. The van der Waals surface area contributed by atoms with Crippen molar-refractivity contribution < 1.29 is 4.42 Å². The van der Waals surface area contributed by atoms with Gasteiger partial charge in [-0.25, -0.2) is 0 Å². The van der Waals surface area contributed by atoms with E-state index < -0.39 is 0 Å². The Morgan fingerprint density at radius 2 is 1.87 bits per heavy atom. The van der Waals surface area contributed by atoms with E-state index in [2.05, 4.69) is 36.5 Å². The third-order valence-electron chi connectivity index (χ3n) is 2.45. The zero-order valence-electron chi connectivity index (χ0n) is 9.08. The first-order valence-corrected chi connectivity index (χ1v) is 5.09. The van der Waals surface area contributed by atoms with Crippen LogP contribution < -0.4 is 5.32 Å². The predicted octanol–water partition coefficient (Wildman–Crippen LogP) is 2.97. The third kappa shape index (κ3) is 2.10. The van der Waals surface area contributed by atoms with E-state index in [0.717, 1.165) is 12.3 Å². The highest BCUT2D eigenvalue weighted by Gasteiger charge is 2.06. The molecule has 0 atom stereocenters. The number of hydrogen-bond acceptors (Lipinski definition) is 2. The Bertz CT molecular complexity index is 428. The molecule has 0 saturated heterocycles. The minimum absolute atomic E-state index is 0.760. The monoisotopic (exact) mass is 201 g/mol. The molecule has 1 aromatic heterocycles. The van der Waals surface area contributed by atoms with Crippen LogP contribution in [0.4, 0.5) is 0 Å². The summed E-state index contributed by atoms with van der Waals surface area (Å²) in [4.78, 5) is 0. The number of furan rings is 1. The van der Waals surface area contributed by atoms with Gasteiger partial charge in [-0.05, 0) is 25.6 Å². The molecule has 2 heteroatoms. The summed E-state index contributed by atoms with van der Waals surface area (Å²) < 4.78 is 5.43. The Labute approximate surface area is 89.9 Å². The first-order valence-electron chi connectivity index (χ1n) is 5.09. The molecule has 0 fully saturated rings. The van der Waals surface area contributed by atoms with Crippen LogP contribution in [-0.2, 0) is 6.54 Å². The van der Waals surface area contributed by atoms with Gasteiger partial charge in [0.25, 0.3) is 0 Å². The fraction of sp³-hybridized carbons (Fsp3) is 0.231. The van der Waals surface area contributed by atoms with E-state index in [1.54, 1.807) is 6.26 Å². The summed E-state index contributed by atoms with van der Waals surface area (Å²) in [6.07, 6.45) is 1.74. The molecule has 0 aliphatic rings. The summed E-state index contributed by atoms with van der Waals surface area (Å²) >= 11 is 0. The maximum absolute atomic E-state index is 5.43. The zero-order chi connectivity index (χ0) is 10.7. The molecule has 2 aromatic rings. The van der Waals surface area contributed by atoms with Crippen LogP contribution in [-0.4, -0.2) is 7.05 Å². The van der Waals surface area contributed by atoms with Crippen LogP contribution in [0.2, 0.25) is 0 Å². The van der Waals surface area contributed by atoms with Gasteiger partial charge in [0.15, 0.2) is 0 Å². The van der Waals surface area contributed by atoms with Gasteiger partial charge in [-0.3, -0.25) is 0 Å². The minimum atomic E-state index is 0.760. The molecule has 1 aromatic carbocycles. The van der Waals surface area contributed by atoms with E-state index in [9.17, 15) is 0 Å². The summed E-state index contributed by atoms with van der Waals surface area (Å²) in [7, 11) is 1.92. The average molecular weight is 201 g/mol. The van der Waals surface area contributed by atoms with E-state index in [0.29, 0.717) is 0 Å². The second kappa shape index (κ2) is 4.32. The average Bonchev–Trinajstić information content (AvgIpc) is 2.68. The van der Waals surface area contributed by atoms with Crippen LogP contribution in [0.25, 0.3) is 11.1 Å². The highest BCUT2D eigenvalue weighted by Crippen LogP contribution is 2.24. The summed E-state index contributed by atoms with van der Waals surface area (Å²) in [5.74, 6) is 0.987. The molecule has 2 nitrogen and oxygen atoms in total. The summed E-state index contributed by atoms with van der Waals surface area (Å²) in [5, 5.41) is 3.10. The summed E-state index contributed by atoms with van der Waals surface area (Å²) in [6, 6.07) is 10.5. The molecular formula is C13H15NO. The van der Waals surface area contributed by atoms with Gasteiger partial charge in [-0.15, -0.1) is 0 Å². The van der Waals surface area contributed by atoms with E-state index >= 15 is 0 Å². The molecule has 0 spiro atoms. The van der Waals surface area contributed by atoms with Crippen molar-refractivity contribution in [2.24, 2.45) is 0 Å². The van der Waals surface area contributed by atoms with Gasteiger partial charge in [-0.1, -0.05) is 29.8 Å². The lowest BCUT2D eigenvalue weighted by Crippen LogP contribution is -2.04. The van der Waals surface area contributed by atoms with Crippen molar-refractivity contribution in [3.05, 3.63) is 47.9 Å². The lowest BCUT2D eigenvalue weighted by molar-refractivity contribution is 0.497. The fourth-order valence-corrected chi connectivity index (χ4v) is 1.63. The number of nitrogens with one attached hydrogen (secondary N) is 1. The first-order chi connectivity index (χ1) is 7.31. The summed E-state index contributed by atoms with van der Waals surface area (Å²) in [5.41, 5.74) is 3.65. The maximum atomic E-state index is 5.43. The van der Waals surface area contributed by atoms with Gasteiger partial charge in [0.2, 0.25) is 0 Å². The van der Waals surface area contributed by atoms with Gasteiger partial charge in [0, 0.05) is 5.56 Å². The molecule has 0 unspecified atom stereocenters. The quantitative estimate of drug-likeness (QED) is 0.825. The molecule has 0 radical (unpaired) electrons. The number of rotatable bonds is 3. The van der Waals surface area contributed by atoms with Crippen molar-refractivity contribution in [3.8, 4) is 11.1 Å². The van der Waals surface area contributed by atoms with Gasteiger partial charge in [0.1, 0.15) is 5.76 Å². The van der Waals surface area contributed by atoms with E-state index in [4.69, 9.17) is 4.42 Å². The van der Waals surface area contributed by atoms with Gasteiger partial charge in [-0.2, -0.15) is 0 Å². The molecule has 0 bridgehead atoms. The number of aryl methyl sites for hydroxylation is 1. The van der Waals surface area contributed by atoms with Crippen LogP contribution in [0.3, 0.4) is 0 Å². The molecule has 0 amide bonds.